The van der Waals surface area contributed by atoms with Crippen LogP contribution in [0.1, 0.15) is 23.0 Å². The van der Waals surface area contributed by atoms with Gasteiger partial charge in [-0.1, -0.05) is 30.1 Å². The molecule has 0 atom stereocenters. The average molecular weight is 327 g/mol. The van der Waals surface area contributed by atoms with Gasteiger partial charge in [0.25, 0.3) is 0 Å². The van der Waals surface area contributed by atoms with E-state index in [0.29, 0.717) is 17.1 Å². The van der Waals surface area contributed by atoms with E-state index in [1.165, 1.54) is 12.1 Å². The average Bonchev–Trinajstić information content (AvgIpc) is 2.40. The summed E-state index contributed by atoms with van der Waals surface area (Å²) in [6.45, 7) is 1.81. The van der Waals surface area contributed by atoms with Crippen LogP contribution in [0.15, 0.2) is 18.2 Å². The molecule has 0 aliphatic heterocycles. The molecule has 8 heteroatoms. The van der Waals surface area contributed by atoms with E-state index in [2.05, 4.69) is 9.97 Å². The van der Waals surface area contributed by atoms with Crippen molar-refractivity contribution < 1.29 is 9.53 Å². The van der Waals surface area contributed by atoms with Gasteiger partial charge < -0.3 is 16.2 Å². The first-order valence-corrected chi connectivity index (χ1v) is 6.77. The maximum atomic E-state index is 12.2. The highest BCUT2D eigenvalue weighted by Crippen LogP contribution is 2.29. The van der Waals surface area contributed by atoms with Gasteiger partial charge in [0.2, 0.25) is 5.95 Å². The highest BCUT2D eigenvalue weighted by Gasteiger charge is 2.21. The zero-order valence-electron chi connectivity index (χ0n) is 11.1. The minimum atomic E-state index is -0.700. The van der Waals surface area contributed by atoms with Crippen molar-refractivity contribution >= 4 is 40.9 Å². The van der Waals surface area contributed by atoms with Crippen LogP contribution in [0.2, 0.25) is 10.0 Å². The Morgan fingerprint density at radius 2 is 2.00 bits per heavy atom. The molecule has 0 spiro atoms. The van der Waals surface area contributed by atoms with Gasteiger partial charge in [-0.05, 0) is 24.6 Å². The van der Waals surface area contributed by atoms with E-state index >= 15 is 0 Å². The van der Waals surface area contributed by atoms with Gasteiger partial charge in [-0.2, -0.15) is 4.98 Å². The molecule has 0 radical (unpaired) electrons. The summed E-state index contributed by atoms with van der Waals surface area (Å²) in [7, 11) is 0. The second kappa shape index (κ2) is 6.15. The molecule has 0 unspecified atom stereocenters. The summed E-state index contributed by atoms with van der Waals surface area (Å²) >= 11 is 11.7. The molecule has 2 aromatic rings. The van der Waals surface area contributed by atoms with Crippen LogP contribution >= 0.6 is 23.2 Å². The largest absolute Gasteiger partial charge is 0.421 e. The smallest absolute Gasteiger partial charge is 0.349 e. The third-order valence-corrected chi connectivity index (χ3v) is 3.20. The number of nitrogens with zero attached hydrogens (tertiary/aromatic N) is 2. The highest BCUT2D eigenvalue weighted by molar-refractivity contribution is 6.35. The van der Waals surface area contributed by atoms with Crippen molar-refractivity contribution in [3.8, 4) is 5.75 Å². The van der Waals surface area contributed by atoms with Crippen molar-refractivity contribution in [2.45, 2.75) is 13.3 Å². The molecule has 0 saturated heterocycles. The number of aryl methyl sites for hydroxylation is 1. The second-order valence-corrected chi connectivity index (χ2v) is 4.95. The van der Waals surface area contributed by atoms with Gasteiger partial charge in [0.05, 0.1) is 10.7 Å². The van der Waals surface area contributed by atoms with Crippen molar-refractivity contribution in [1.29, 1.82) is 0 Å². The molecule has 110 valence electrons. The molecule has 1 aromatic heterocycles. The van der Waals surface area contributed by atoms with Crippen molar-refractivity contribution in [3.05, 3.63) is 39.5 Å². The Morgan fingerprint density at radius 3 is 2.62 bits per heavy atom. The first-order chi connectivity index (χ1) is 9.92. The van der Waals surface area contributed by atoms with Crippen LogP contribution in [-0.2, 0) is 6.42 Å². The number of nitrogens with two attached hydrogens (primary N) is 2. The molecule has 4 N–H and O–H groups in total. The lowest BCUT2D eigenvalue weighted by atomic mass is 10.1. The molecular weight excluding hydrogens is 315 g/mol. The molecule has 0 fully saturated rings. The number of benzene rings is 1. The number of aromatic nitrogens is 2. The van der Waals surface area contributed by atoms with E-state index in [-0.39, 0.29) is 28.1 Å². The quantitative estimate of drug-likeness (QED) is 0.663. The molecule has 0 amide bonds. The molecule has 0 bridgehead atoms. The Hall–Kier alpha value is -2.05. The number of nitrogen functional groups attached to an aromatic ring is 2. The molecule has 0 aliphatic carbocycles. The van der Waals surface area contributed by atoms with Crippen LogP contribution in [0, 0.1) is 0 Å². The summed E-state index contributed by atoms with van der Waals surface area (Å²) in [6, 6.07) is 4.51. The van der Waals surface area contributed by atoms with Crippen LogP contribution in [0.4, 0.5) is 11.8 Å². The number of anilines is 2. The number of hydrogen-bond acceptors (Lipinski definition) is 6. The van der Waals surface area contributed by atoms with Gasteiger partial charge in [-0.15, -0.1) is 0 Å². The van der Waals surface area contributed by atoms with E-state index in [0.717, 1.165) is 0 Å². The summed E-state index contributed by atoms with van der Waals surface area (Å²) in [5.41, 5.74) is 11.7. The predicted molar refractivity (Wildman–Crippen MR) is 81.7 cm³/mol. The summed E-state index contributed by atoms with van der Waals surface area (Å²) in [5, 5.41) is 0.646. The lowest BCUT2D eigenvalue weighted by Crippen LogP contribution is -2.17. The Morgan fingerprint density at radius 1 is 1.29 bits per heavy atom. The van der Waals surface area contributed by atoms with Crippen molar-refractivity contribution in [2.24, 2.45) is 0 Å². The zero-order valence-corrected chi connectivity index (χ0v) is 12.6. The van der Waals surface area contributed by atoms with Gasteiger partial charge in [-0.25, -0.2) is 9.78 Å². The molecule has 21 heavy (non-hydrogen) atoms. The normalized spacial score (nSPS) is 10.4. The van der Waals surface area contributed by atoms with Gasteiger partial charge in [0.15, 0.2) is 0 Å². The molecule has 1 heterocycles. The number of esters is 1. The third-order valence-electron chi connectivity index (χ3n) is 2.66. The van der Waals surface area contributed by atoms with Crippen LogP contribution in [-0.4, -0.2) is 15.9 Å². The van der Waals surface area contributed by atoms with Gasteiger partial charge in [0.1, 0.15) is 17.1 Å². The standard InChI is InChI=1S/C13H12Cl2N4O2/c1-2-8-10(11(16)19-13(17)18-8)12(20)21-9-4-3-6(14)5-7(9)15/h3-5H,2H2,1H3,(H4,16,17,18,19). The zero-order chi connectivity index (χ0) is 15.6. The Bertz CT molecular complexity index is 707. The fourth-order valence-corrected chi connectivity index (χ4v) is 2.18. The van der Waals surface area contributed by atoms with E-state index in [1.54, 1.807) is 6.07 Å². The van der Waals surface area contributed by atoms with E-state index in [4.69, 9.17) is 39.4 Å². The molecule has 1 aromatic carbocycles. The van der Waals surface area contributed by atoms with Crippen LogP contribution in [0.25, 0.3) is 0 Å². The monoisotopic (exact) mass is 326 g/mol. The first kappa shape index (κ1) is 15.3. The summed E-state index contributed by atoms with van der Waals surface area (Å²) in [5.74, 6) is -0.558. The Kier molecular flexibility index (Phi) is 4.50. The van der Waals surface area contributed by atoms with E-state index < -0.39 is 5.97 Å². The van der Waals surface area contributed by atoms with Crippen LogP contribution in [0.3, 0.4) is 0 Å². The number of carbonyl (C=O) groups excluding carboxylic acids is 1. The topological polar surface area (TPSA) is 104 Å². The number of halogens is 2. The fraction of sp³-hybridized carbons (Fsp3) is 0.154. The van der Waals surface area contributed by atoms with E-state index in [9.17, 15) is 4.79 Å². The summed E-state index contributed by atoms with van der Waals surface area (Å²) in [6.07, 6.45) is 0.454. The number of carbonyl (C=O) groups is 1. The highest BCUT2D eigenvalue weighted by atomic mass is 35.5. The van der Waals surface area contributed by atoms with Crippen LogP contribution < -0.4 is 16.2 Å². The summed E-state index contributed by atoms with van der Waals surface area (Å²) in [4.78, 5) is 20.0. The minimum Gasteiger partial charge on any atom is -0.421 e. The van der Waals surface area contributed by atoms with Crippen molar-refractivity contribution in [2.75, 3.05) is 11.5 Å². The van der Waals surface area contributed by atoms with Gasteiger partial charge in [0, 0.05) is 5.02 Å². The maximum Gasteiger partial charge on any atom is 0.349 e. The van der Waals surface area contributed by atoms with Gasteiger partial charge in [-0.3, -0.25) is 0 Å². The van der Waals surface area contributed by atoms with Crippen molar-refractivity contribution in [1.82, 2.24) is 9.97 Å². The molecule has 0 aliphatic rings. The Labute approximate surface area is 131 Å². The SMILES string of the molecule is CCc1nc(N)nc(N)c1C(=O)Oc1ccc(Cl)cc1Cl. The number of rotatable bonds is 3. The predicted octanol–water partition coefficient (Wildman–Crippen LogP) is 2.73. The lowest BCUT2D eigenvalue weighted by Gasteiger charge is -2.11. The summed E-state index contributed by atoms with van der Waals surface area (Å²) < 4.78 is 5.22. The maximum absolute atomic E-state index is 12.2. The van der Waals surface area contributed by atoms with Crippen LogP contribution in [0.5, 0.6) is 5.75 Å². The molecule has 0 saturated carbocycles. The second-order valence-electron chi connectivity index (χ2n) is 4.11. The first-order valence-electron chi connectivity index (χ1n) is 6.01. The lowest BCUT2D eigenvalue weighted by molar-refractivity contribution is 0.0734. The number of ether oxygens (including phenoxy) is 1. The molecule has 2 rings (SSSR count). The Balaban J connectivity index is 2.37. The van der Waals surface area contributed by atoms with Gasteiger partial charge >= 0.3 is 5.97 Å². The molecular formula is C13H12Cl2N4O2. The van der Waals surface area contributed by atoms with E-state index in [1.807, 2.05) is 6.92 Å². The molecule has 6 nitrogen and oxygen atoms in total. The minimum absolute atomic E-state index is 0.00502. The fourth-order valence-electron chi connectivity index (χ4n) is 1.73. The third kappa shape index (κ3) is 3.34. The van der Waals surface area contributed by atoms with Crippen molar-refractivity contribution in [3.63, 3.8) is 0 Å². The number of hydrogen-bond donors (Lipinski definition) is 2.